The molecule has 1 fully saturated rings. The first-order valence-corrected chi connectivity index (χ1v) is 6.10. The van der Waals surface area contributed by atoms with Gasteiger partial charge in [0.25, 0.3) is 6.01 Å². The van der Waals surface area contributed by atoms with Crippen molar-refractivity contribution in [3.63, 3.8) is 0 Å². The summed E-state index contributed by atoms with van der Waals surface area (Å²) in [4.78, 5) is 6.57. The highest BCUT2D eigenvalue weighted by atomic mass is 16.4. The fraction of sp³-hybridized carbons (Fsp3) is 0.462. The molecule has 1 aliphatic heterocycles. The lowest BCUT2D eigenvalue weighted by Crippen LogP contribution is -2.67. The van der Waals surface area contributed by atoms with Gasteiger partial charge >= 0.3 is 0 Å². The summed E-state index contributed by atoms with van der Waals surface area (Å²) in [7, 11) is 0. The van der Waals surface area contributed by atoms with Crippen LogP contribution in [0.3, 0.4) is 0 Å². The van der Waals surface area contributed by atoms with Crippen LogP contribution in [0.15, 0.2) is 28.7 Å². The van der Waals surface area contributed by atoms with Crippen molar-refractivity contribution in [1.82, 2.24) is 4.98 Å². The van der Waals surface area contributed by atoms with Gasteiger partial charge in [-0.2, -0.15) is 4.98 Å². The highest BCUT2D eigenvalue weighted by molar-refractivity contribution is 5.74. The average Bonchev–Trinajstić information content (AvgIpc) is 2.69. The number of fused-ring (bicyclic) bond motifs is 1. The van der Waals surface area contributed by atoms with Crippen LogP contribution in [0.4, 0.5) is 6.01 Å². The van der Waals surface area contributed by atoms with Crippen LogP contribution in [0.2, 0.25) is 0 Å². The van der Waals surface area contributed by atoms with Crippen molar-refractivity contribution in [2.75, 3.05) is 18.0 Å². The number of anilines is 1. The van der Waals surface area contributed by atoms with Crippen LogP contribution >= 0.6 is 0 Å². The van der Waals surface area contributed by atoms with Crippen LogP contribution in [0, 0.1) is 0 Å². The molecule has 0 aliphatic carbocycles. The number of nitrogens with two attached hydrogens (primary N) is 1. The van der Waals surface area contributed by atoms with Gasteiger partial charge in [0.2, 0.25) is 0 Å². The van der Waals surface area contributed by atoms with Crippen molar-refractivity contribution >= 4 is 17.1 Å². The van der Waals surface area contributed by atoms with Crippen LogP contribution in [-0.4, -0.2) is 23.6 Å². The summed E-state index contributed by atoms with van der Waals surface area (Å²) in [5, 5.41) is 0. The molecular formula is C13H17N3O. The van der Waals surface area contributed by atoms with Gasteiger partial charge in [0.1, 0.15) is 5.52 Å². The Morgan fingerprint density at radius 3 is 2.88 bits per heavy atom. The van der Waals surface area contributed by atoms with Gasteiger partial charge in [-0.3, -0.25) is 0 Å². The maximum Gasteiger partial charge on any atom is 0.298 e. The molecule has 0 saturated carbocycles. The third-order valence-electron chi connectivity index (χ3n) is 3.31. The molecule has 1 aromatic carbocycles. The molecule has 4 nitrogen and oxygen atoms in total. The number of rotatable bonds is 3. The van der Waals surface area contributed by atoms with E-state index in [4.69, 9.17) is 10.2 Å². The molecular weight excluding hydrogens is 214 g/mol. The van der Waals surface area contributed by atoms with E-state index in [-0.39, 0.29) is 5.54 Å². The zero-order valence-corrected chi connectivity index (χ0v) is 10.0. The molecule has 0 bridgehead atoms. The second kappa shape index (κ2) is 3.74. The molecule has 0 unspecified atom stereocenters. The largest absolute Gasteiger partial charge is 0.423 e. The molecule has 2 N–H and O–H groups in total. The zero-order valence-electron chi connectivity index (χ0n) is 10.0. The summed E-state index contributed by atoms with van der Waals surface area (Å²) in [5.41, 5.74) is 7.93. The molecule has 0 atom stereocenters. The van der Waals surface area contributed by atoms with Gasteiger partial charge < -0.3 is 15.1 Å². The first kappa shape index (κ1) is 10.6. The number of aromatic nitrogens is 1. The van der Waals surface area contributed by atoms with Crippen molar-refractivity contribution in [1.29, 1.82) is 0 Å². The minimum Gasteiger partial charge on any atom is -0.423 e. The number of hydrogen-bond donors (Lipinski definition) is 1. The normalized spacial score (nSPS) is 18.4. The topological polar surface area (TPSA) is 55.3 Å². The smallest absolute Gasteiger partial charge is 0.298 e. The number of para-hydroxylation sites is 2. The number of benzene rings is 1. The summed E-state index contributed by atoms with van der Waals surface area (Å²) >= 11 is 0. The first-order chi connectivity index (χ1) is 8.20. The van der Waals surface area contributed by atoms with Crippen LogP contribution in [0.1, 0.15) is 19.8 Å². The van der Waals surface area contributed by atoms with Crippen LogP contribution in [0.25, 0.3) is 11.1 Å². The van der Waals surface area contributed by atoms with Gasteiger partial charge in [0.05, 0.1) is 5.54 Å². The van der Waals surface area contributed by atoms with Gasteiger partial charge in [0.15, 0.2) is 5.58 Å². The van der Waals surface area contributed by atoms with Gasteiger partial charge in [0, 0.05) is 13.1 Å². The fourth-order valence-electron chi connectivity index (χ4n) is 2.50. The number of hydrogen-bond acceptors (Lipinski definition) is 4. The lowest BCUT2D eigenvalue weighted by atomic mass is 9.87. The zero-order chi connectivity index (χ0) is 11.9. The van der Waals surface area contributed by atoms with E-state index in [0.717, 1.165) is 37.0 Å². The minimum atomic E-state index is -0.0462. The summed E-state index contributed by atoms with van der Waals surface area (Å²) in [6, 6.07) is 8.52. The summed E-state index contributed by atoms with van der Waals surface area (Å²) < 4.78 is 5.70. The van der Waals surface area contributed by atoms with Crippen molar-refractivity contribution in [2.24, 2.45) is 5.73 Å². The Morgan fingerprint density at radius 1 is 1.41 bits per heavy atom. The predicted octanol–water partition coefficient (Wildman–Crippen LogP) is 2.15. The van der Waals surface area contributed by atoms with Crippen LogP contribution in [0.5, 0.6) is 0 Å². The molecule has 17 heavy (non-hydrogen) atoms. The molecule has 0 radical (unpaired) electrons. The van der Waals surface area contributed by atoms with Crippen molar-refractivity contribution in [2.45, 2.75) is 25.3 Å². The quantitative estimate of drug-likeness (QED) is 0.879. The summed E-state index contributed by atoms with van der Waals surface area (Å²) in [6.45, 7) is 3.85. The molecule has 1 aromatic heterocycles. The summed E-state index contributed by atoms with van der Waals surface area (Å²) in [6.07, 6.45) is 2.18. The van der Waals surface area contributed by atoms with E-state index < -0.39 is 0 Å². The van der Waals surface area contributed by atoms with Gasteiger partial charge in [-0.15, -0.1) is 0 Å². The van der Waals surface area contributed by atoms with Gasteiger partial charge in [-0.25, -0.2) is 0 Å². The average molecular weight is 231 g/mol. The molecule has 1 saturated heterocycles. The Kier molecular flexibility index (Phi) is 2.33. The standard InChI is InChI=1S/C13H17N3O/c1-2-7-13(14)8-16(9-13)12-15-10-5-3-4-6-11(10)17-12/h3-6H,2,7-9,14H2,1H3. The van der Waals surface area contributed by atoms with Crippen LogP contribution < -0.4 is 10.6 Å². The van der Waals surface area contributed by atoms with Crippen molar-refractivity contribution in [3.05, 3.63) is 24.3 Å². The minimum absolute atomic E-state index is 0.0462. The Hall–Kier alpha value is -1.55. The lowest BCUT2D eigenvalue weighted by molar-refractivity contribution is 0.292. The van der Waals surface area contributed by atoms with E-state index >= 15 is 0 Å². The van der Waals surface area contributed by atoms with Gasteiger partial charge in [-0.05, 0) is 18.6 Å². The monoisotopic (exact) mass is 231 g/mol. The van der Waals surface area contributed by atoms with Crippen molar-refractivity contribution < 1.29 is 4.42 Å². The Morgan fingerprint density at radius 2 is 2.18 bits per heavy atom. The molecule has 0 amide bonds. The molecule has 4 heteroatoms. The first-order valence-electron chi connectivity index (χ1n) is 6.10. The van der Waals surface area contributed by atoms with E-state index in [1.54, 1.807) is 0 Å². The SMILES string of the molecule is CCCC1(N)CN(c2nc3ccccc3o2)C1. The maximum absolute atomic E-state index is 6.22. The molecule has 2 heterocycles. The van der Waals surface area contributed by atoms with Crippen molar-refractivity contribution in [3.8, 4) is 0 Å². The van der Waals surface area contributed by atoms with E-state index in [2.05, 4.69) is 16.8 Å². The number of oxazole rings is 1. The maximum atomic E-state index is 6.22. The highest BCUT2D eigenvalue weighted by Gasteiger charge is 2.40. The Labute approximate surface area is 100 Å². The second-order valence-corrected chi connectivity index (χ2v) is 4.93. The van der Waals surface area contributed by atoms with E-state index in [1.165, 1.54) is 0 Å². The molecule has 1 aliphatic rings. The predicted molar refractivity (Wildman–Crippen MR) is 68.0 cm³/mol. The molecule has 0 spiro atoms. The van der Waals surface area contributed by atoms with E-state index in [0.29, 0.717) is 6.01 Å². The molecule has 2 aromatic rings. The second-order valence-electron chi connectivity index (χ2n) is 4.93. The number of nitrogens with zero attached hydrogens (tertiary/aromatic N) is 2. The Bertz CT molecular complexity index is 495. The third-order valence-corrected chi connectivity index (χ3v) is 3.31. The summed E-state index contributed by atoms with van der Waals surface area (Å²) in [5.74, 6) is 0. The lowest BCUT2D eigenvalue weighted by Gasteiger charge is -2.46. The van der Waals surface area contributed by atoms with Crippen LogP contribution in [-0.2, 0) is 0 Å². The van der Waals surface area contributed by atoms with Gasteiger partial charge in [-0.1, -0.05) is 25.5 Å². The third kappa shape index (κ3) is 1.78. The Balaban J connectivity index is 1.78. The van der Waals surface area contributed by atoms with E-state index in [9.17, 15) is 0 Å². The molecule has 3 rings (SSSR count). The molecule has 90 valence electrons. The fourth-order valence-corrected chi connectivity index (χ4v) is 2.50. The van der Waals surface area contributed by atoms with E-state index in [1.807, 2.05) is 24.3 Å². The highest BCUT2D eigenvalue weighted by Crippen LogP contribution is 2.30.